The number of likely N-dealkylation sites (tertiary alicyclic amines) is 1. The van der Waals surface area contributed by atoms with Gasteiger partial charge in [-0.3, -0.25) is 10.1 Å². The molecule has 2 aliphatic rings. The van der Waals surface area contributed by atoms with Crippen molar-refractivity contribution in [1.82, 2.24) is 10.2 Å². The quantitative estimate of drug-likeness (QED) is 0.737. The van der Waals surface area contributed by atoms with Crippen LogP contribution in [0.15, 0.2) is 0 Å². The number of nitrogens with one attached hydrogen (secondary N) is 1. The summed E-state index contributed by atoms with van der Waals surface area (Å²) in [5.41, 5.74) is 0. The first-order chi connectivity index (χ1) is 7.48. The summed E-state index contributed by atoms with van der Waals surface area (Å²) < 4.78 is 25.9. The summed E-state index contributed by atoms with van der Waals surface area (Å²) in [4.78, 5) is 13.7. The lowest BCUT2D eigenvalue weighted by atomic mass is 9.99. The predicted molar refractivity (Wildman–Crippen MR) is 56.3 cm³/mol. The molecule has 16 heavy (non-hydrogen) atoms. The summed E-state index contributed by atoms with van der Waals surface area (Å²) in [6.45, 7) is 3.15. The molecule has 2 atom stereocenters. The van der Waals surface area contributed by atoms with Crippen LogP contribution in [0.3, 0.4) is 0 Å². The number of halogens is 2. The van der Waals surface area contributed by atoms with Crippen molar-refractivity contribution in [3.8, 4) is 0 Å². The van der Waals surface area contributed by atoms with E-state index in [0.717, 1.165) is 12.8 Å². The number of rotatable bonds is 1. The van der Waals surface area contributed by atoms with E-state index in [1.54, 1.807) is 4.90 Å². The fraction of sp³-hybridized carbons (Fsp3) is 0.909. The number of carbonyl (C=O) groups excluding carboxylic acids is 1. The van der Waals surface area contributed by atoms with Crippen LogP contribution in [0.2, 0.25) is 0 Å². The average Bonchev–Trinajstić information content (AvgIpc) is 2.58. The highest BCUT2D eigenvalue weighted by molar-refractivity contribution is 5.82. The molecule has 1 N–H and O–H groups in total. The molecule has 2 fully saturated rings. The van der Waals surface area contributed by atoms with Gasteiger partial charge in [0.25, 0.3) is 5.92 Å². The van der Waals surface area contributed by atoms with Crippen molar-refractivity contribution in [3.63, 3.8) is 0 Å². The molecule has 0 bridgehead atoms. The number of carbonyl (C=O) groups is 1. The minimum atomic E-state index is -2.72. The molecule has 2 unspecified atom stereocenters. The highest BCUT2D eigenvalue weighted by Gasteiger charge is 2.43. The molecule has 2 aliphatic heterocycles. The van der Waals surface area contributed by atoms with Gasteiger partial charge in [0.05, 0.1) is 12.6 Å². The molecule has 1 amide bonds. The van der Waals surface area contributed by atoms with Gasteiger partial charge in [0.1, 0.15) is 0 Å². The summed E-state index contributed by atoms with van der Waals surface area (Å²) >= 11 is 0. The second kappa shape index (κ2) is 4.28. The smallest absolute Gasteiger partial charge is 0.262 e. The van der Waals surface area contributed by atoms with Crippen LogP contribution >= 0.6 is 0 Å². The standard InChI is InChI=1S/C11H18F2N2O/c1-8-3-2-4-15(6-8)10(16)9-5-11(12,13)7-14-9/h8-9,14H,2-7H2,1H3. The van der Waals surface area contributed by atoms with E-state index in [-0.39, 0.29) is 18.9 Å². The van der Waals surface area contributed by atoms with E-state index in [1.807, 2.05) is 0 Å². The van der Waals surface area contributed by atoms with Gasteiger partial charge in [0.15, 0.2) is 0 Å². The highest BCUT2D eigenvalue weighted by Crippen LogP contribution is 2.27. The molecule has 0 aromatic heterocycles. The largest absolute Gasteiger partial charge is 0.341 e. The van der Waals surface area contributed by atoms with Crippen LogP contribution in [0.4, 0.5) is 8.78 Å². The van der Waals surface area contributed by atoms with Crippen LogP contribution < -0.4 is 5.32 Å². The van der Waals surface area contributed by atoms with Gasteiger partial charge in [-0.05, 0) is 18.8 Å². The minimum Gasteiger partial charge on any atom is -0.341 e. The normalized spacial score (nSPS) is 34.1. The van der Waals surface area contributed by atoms with E-state index in [0.29, 0.717) is 19.0 Å². The van der Waals surface area contributed by atoms with Crippen molar-refractivity contribution in [3.05, 3.63) is 0 Å². The summed E-state index contributed by atoms with van der Waals surface area (Å²) in [5.74, 6) is -2.38. The van der Waals surface area contributed by atoms with E-state index in [1.165, 1.54) is 0 Å². The van der Waals surface area contributed by atoms with Gasteiger partial charge in [0, 0.05) is 19.5 Å². The minimum absolute atomic E-state index is 0.149. The van der Waals surface area contributed by atoms with Gasteiger partial charge in [0.2, 0.25) is 5.91 Å². The zero-order chi connectivity index (χ0) is 11.8. The topological polar surface area (TPSA) is 32.3 Å². The summed E-state index contributed by atoms with van der Waals surface area (Å²) in [5, 5.41) is 2.62. The molecular formula is C11H18F2N2O. The maximum absolute atomic E-state index is 13.0. The van der Waals surface area contributed by atoms with Gasteiger partial charge in [-0.15, -0.1) is 0 Å². The molecular weight excluding hydrogens is 214 g/mol. The van der Waals surface area contributed by atoms with Gasteiger partial charge >= 0.3 is 0 Å². The van der Waals surface area contributed by atoms with E-state index in [2.05, 4.69) is 12.2 Å². The molecule has 0 aliphatic carbocycles. The van der Waals surface area contributed by atoms with Crippen molar-refractivity contribution < 1.29 is 13.6 Å². The third-order valence-electron chi connectivity index (χ3n) is 3.38. The number of nitrogens with zero attached hydrogens (tertiary/aromatic N) is 1. The predicted octanol–water partition coefficient (Wildman–Crippen LogP) is 1.24. The number of hydrogen-bond acceptors (Lipinski definition) is 2. The maximum Gasteiger partial charge on any atom is 0.262 e. The Morgan fingerprint density at radius 1 is 1.50 bits per heavy atom. The van der Waals surface area contributed by atoms with Gasteiger partial charge in [-0.25, -0.2) is 8.78 Å². The molecule has 0 aromatic rings. The number of piperidine rings is 1. The Balaban J connectivity index is 1.92. The Morgan fingerprint density at radius 2 is 2.25 bits per heavy atom. The Kier molecular flexibility index (Phi) is 3.15. The molecule has 3 nitrogen and oxygen atoms in total. The SMILES string of the molecule is CC1CCCN(C(=O)C2CC(F)(F)CN2)C1. The van der Waals surface area contributed by atoms with E-state index in [4.69, 9.17) is 0 Å². The van der Waals surface area contributed by atoms with Crippen LogP contribution in [-0.4, -0.2) is 42.4 Å². The van der Waals surface area contributed by atoms with Gasteiger partial charge in [-0.1, -0.05) is 6.92 Å². The van der Waals surface area contributed by atoms with Crippen LogP contribution in [0, 0.1) is 5.92 Å². The molecule has 0 aromatic carbocycles. The van der Waals surface area contributed by atoms with Crippen molar-refractivity contribution in [2.24, 2.45) is 5.92 Å². The summed E-state index contributed by atoms with van der Waals surface area (Å²) in [7, 11) is 0. The first kappa shape index (κ1) is 11.8. The highest BCUT2D eigenvalue weighted by atomic mass is 19.3. The van der Waals surface area contributed by atoms with Gasteiger partial charge in [-0.2, -0.15) is 0 Å². The Hall–Kier alpha value is -0.710. The van der Waals surface area contributed by atoms with Crippen molar-refractivity contribution in [2.45, 2.75) is 38.2 Å². The second-order valence-corrected chi connectivity index (χ2v) is 5.03. The first-order valence-electron chi connectivity index (χ1n) is 5.88. The van der Waals surface area contributed by atoms with E-state index < -0.39 is 12.0 Å². The van der Waals surface area contributed by atoms with Gasteiger partial charge < -0.3 is 4.90 Å². The van der Waals surface area contributed by atoms with Crippen LogP contribution in [0.5, 0.6) is 0 Å². The fourth-order valence-electron chi connectivity index (χ4n) is 2.50. The first-order valence-corrected chi connectivity index (χ1v) is 5.88. The third-order valence-corrected chi connectivity index (χ3v) is 3.38. The van der Waals surface area contributed by atoms with E-state index >= 15 is 0 Å². The number of amides is 1. The van der Waals surface area contributed by atoms with Crippen LogP contribution in [0.1, 0.15) is 26.2 Å². The maximum atomic E-state index is 13.0. The molecule has 2 rings (SSSR count). The monoisotopic (exact) mass is 232 g/mol. The molecule has 0 spiro atoms. The third kappa shape index (κ3) is 2.51. The van der Waals surface area contributed by atoms with E-state index in [9.17, 15) is 13.6 Å². The van der Waals surface area contributed by atoms with Crippen molar-refractivity contribution in [2.75, 3.05) is 19.6 Å². The Labute approximate surface area is 94.2 Å². The zero-order valence-corrected chi connectivity index (χ0v) is 9.51. The molecule has 0 saturated carbocycles. The van der Waals surface area contributed by atoms with Crippen molar-refractivity contribution >= 4 is 5.91 Å². The molecule has 2 saturated heterocycles. The lowest BCUT2D eigenvalue weighted by molar-refractivity contribution is -0.135. The summed E-state index contributed by atoms with van der Waals surface area (Å²) in [6.07, 6.45) is 1.75. The zero-order valence-electron chi connectivity index (χ0n) is 9.51. The number of alkyl halides is 2. The Morgan fingerprint density at radius 3 is 2.81 bits per heavy atom. The molecule has 0 radical (unpaired) electrons. The lowest BCUT2D eigenvalue weighted by Gasteiger charge is -2.32. The average molecular weight is 232 g/mol. The molecule has 5 heteroatoms. The number of hydrogen-bond donors (Lipinski definition) is 1. The fourth-order valence-corrected chi connectivity index (χ4v) is 2.50. The Bertz CT molecular complexity index is 279. The lowest BCUT2D eigenvalue weighted by Crippen LogP contribution is -2.47. The summed E-state index contributed by atoms with van der Waals surface area (Å²) in [6, 6.07) is -0.680. The van der Waals surface area contributed by atoms with Crippen LogP contribution in [0.25, 0.3) is 0 Å². The molecule has 92 valence electrons. The molecule has 2 heterocycles. The van der Waals surface area contributed by atoms with Crippen LogP contribution in [-0.2, 0) is 4.79 Å². The van der Waals surface area contributed by atoms with Crippen molar-refractivity contribution in [1.29, 1.82) is 0 Å². The second-order valence-electron chi connectivity index (χ2n) is 5.03.